The van der Waals surface area contributed by atoms with Crippen molar-refractivity contribution >= 4 is 27.5 Å². The number of aromatic nitrogens is 1. The molecule has 0 spiro atoms. The lowest BCUT2D eigenvalue weighted by molar-refractivity contribution is -0.00828. The number of anilines is 1. The fourth-order valence-electron chi connectivity index (χ4n) is 4.56. The van der Waals surface area contributed by atoms with Gasteiger partial charge in [0.1, 0.15) is 5.75 Å². The number of carbonyl (C=O) groups is 2. The summed E-state index contributed by atoms with van der Waals surface area (Å²) in [4.78, 5) is 32.4. The standard InChI is InChI=1S/C29H42N4O7S/c1-20-17-33(21(2)19-34)29(36)25-16-24(31-28(35)23-11-13-30-14-12-23)9-10-26(25)40-22(3)8-6-7-15-39-27(20)18-32(4)41(5,37)38/h9-14,16,20-22,27,34H,6-8,15,17-19H2,1-5H3,(H,31,35)/t20-,21+,22+,27-/m0/s1. The zero-order chi connectivity index (χ0) is 30.2. The Kier molecular flexibility index (Phi) is 11.6. The first kappa shape index (κ1) is 32.5. The van der Waals surface area contributed by atoms with Gasteiger partial charge in [0.2, 0.25) is 10.0 Å². The van der Waals surface area contributed by atoms with Crippen molar-refractivity contribution in [2.75, 3.05) is 44.9 Å². The van der Waals surface area contributed by atoms with Crippen LogP contribution in [0.25, 0.3) is 0 Å². The molecule has 0 fully saturated rings. The minimum atomic E-state index is -3.44. The number of benzene rings is 1. The Balaban J connectivity index is 1.99. The third-order valence-corrected chi connectivity index (χ3v) is 8.54. The van der Waals surface area contributed by atoms with E-state index in [0.717, 1.165) is 25.5 Å². The van der Waals surface area contributed by atoms with Crippen LogP contribution in [0, 0.1) is 5.92 Å². The van der Waals surface area contributed by atoms with Gasteiger partial charge in [-0.2, -0.15) is 0 Å². The fraction of sp³-hybridized carbons (Fsp3) is 0.552. The number of carbonyl (C=O) groups excluding carboxylic acids is 2. The van der Waals surface area contributed by atoms with Gasteiger partial charge < -0.3 is 24.8 Å². The van der Waals surface area contributed by atoms with Gasteiger partial charge in [0, 0.05) is 56.3 Å². The molecule has 3 rings (SSSR count). The van der Waals surface area contributed by atoms with E-state index in [1.54, 1.807) is 42.2 Å². The maximum Gasteiger partial charge on any atom is 0.258 e. The first-order chi connectivity index (χ1) is 19.4. The second-order valence-electron chi connectivity index (χ2n) is 10.7. The van der Waals surface area contributed by atoms with Gasteiger partial charge in [-0.15, -0.1) is 0 Å². The fourth-order valence-corrected chi connectivity index (χ4v) is 4.98. The van der Waals surface area contributed by atoms with Gasteiger partial charge in [0.25, 0.3) is 11.8 Å². The molecule has 2 aromatic rings. The Hall–Kier alpha value is -3.06. The maximum absolute atomic E-state index is 14.1. The minimum absolute atomic E-state index is 0.136. The number of likely N-dealkylation sites (N-methyl/N-ethyl adjacent to an activating group) is 1. The second kappa shape index (κ2) is 14.7. The Morgan fingerprint density at radius 3 is 2.59 bits per heavy atom. The Labute approximate surface area is 242 Å². The second-order valence-corrected chi connectivity index (χ2v) is 12.8. The normalized spacial score (nSPS) is 21.9. The van der Waals surface area contributed by atoms with E-state index in [9.17, 15) is 23.1 Å². The van der Waals surface area contributed by atoms with E-state index in [1.807, 2.05) is 13.8 Å². The summed E-state index contributed by atoms with van der Waals surface area (Å²) < 4.78 is 37.9. The van der Waals surface area contributed by atoms with Gasteiger partial charge in [0.05, 0.1) is 36.7 Å². The quantitative estimate of drug-likeness (QED) is 0.502. The van der Waals surface area contributed by atoms with Crippen LogP contribution < -0.4 is 10.1 Å². The summed E-state index contributed by atoms with van der Waals surface area (Å²) in [5.74, 6) is -0.612. The highest BCUT2D eigenvalue weighted by atomic mass is 32.2. The van der Waals surface area contributed by atoms with E-state index >= 15 is 0 Å². The first-order valence-electron chi connectivity index (χ1n) is 13.9. The molecule has 1 aliphatic rings. The van der Waals surface area contributed by atoms with Crippen LogP contribution in [0.4, 0.5) is 5.69 Å². The number of nitrogens with one attached hydrogen (secondary N) is 1. The predicted molar refractivity (Wildman–Crippen MR) is 157 cm³/mol. The molecule has 2 amide bonds. The number of amides is 2. The average Bonchev–Trinajstić information content (AvgIpc) is 2.94. The molecule has 0 radical (unpaired) electrons. The van der Waals surface area contributed by atoms with Crippen molar-refractivity contribution in [2.45, 2.75) is 58.3 Å². The summed E-state index contributed by atoms with van der Waals surface area (Å²) in [6.45, 7) is 6.08. The number of sulfonamides is 1. The highest BCUT2D eigenvalue weighted by Crippen LogP contribution is 2.29. The predicted octanol–water partition coefficient (Wildman–Crippen LogP) is 3.02. The Morgan fingerprint density at radius 2 is 1.93 bits per heavy atom. The van der Waals surface area contributed by atoms with Gasteiger partial charge in [-0.3, -0.25) is 14.6 Å². The molecule has 4 atom stereocenters. The molecule has 226 valence electrons. The number of hydrogen-bond donors (Lipinski definition) is 2. The molecule has 0 unspecified atom stereocenters. The summed E-state index contributed by atoms with van der Waals surface area (Å²) in [5.41, 5.74) is 1.09. The minimum Gasteiger partial charge on any atom is -0.490 e. The molecular weight excluding hydrogens is 548 g/mol. The molecule has 0 aliphatic carbocycles. The SMILES string of the molecule is C[C@@H]1CCCCO[C@@H](CN(C)S(C)(=O)=O)[C@@H](C)CN([C@H](C)CO)C(=O)c2cc(NC(=O)c3ccncc3)ccc2O1. The third kappa shape index (κ3) is 9.22. The van der Waals surface area contributed by atoms with E-state index in [4.69, 9.17) is 9.47 Å². The summed E-state index contributed by atoms with van der Waals surface area (Å²) in [5, 5.41) is 12.9. The number of nitrogens with zero attached hydrogens (tertiary/aromatic N) is 3. The highest BCUT2D eigenvalue weighted by Gasteiger charge is 2.31. The van der Waals surface area contributed by atoms with Crippen LogP contribution in [0.15, 0.2) is 42.7 Å². The number of fused-ring (bicyclic) bond motifs is 1. The first-order valence-corrected chi connectivity index (χ1v) is 15.7. The van der Waals surface area contributed by atoms with E-state index < -0.39 is 22.2 Å². The van der Waals surface area contributed by atoms with E-state index in [-0.39, 0.29) is 49.1 Å². The van der Waals surface area contributed by atoms with Crippen LogP contribution >= 0.6 is 0 Å². The molecule has 1 aliphatic heterocycles. The van der Waals surface area contributed by atoms with Gasteiger partial charge in [-0.1, -0.05) is 6.92 Å². The molecule has 0 saturated carbocycles. The average molecular weight is 591 g/mol. The number of pyridine rings is 1. The molecule has 0 bridgehead atoms. The molecular formula is C29H42N4O7S. The summed E-state index contributed by atoms with van der Waals surface area (Å²) in [7, 11) is -1.93. The van der Waals surface area contributed by atoms with Crippen molar-refractivity contribution in [3.05, 3.63) is 53.9 Å². The van der Waals surface area contributed by atoms with E-state index in [0.29, 0.717) is 23.6 Å². The lowest BCUT2D eigenvalue weighted by Crippen LogP contribution is -2.47. The zero-order valence-corrected chi connectivity index (χ0v) is 25.3. The highest BCUT2D eigenvalue weighted by molar-refractivity contribution is 7.88. The number of hydrogen-bond acceptors (Lipinski definition) is 8. The van der Waals surface area contributed by atoms with Crippen molar-refractivity contribution < 1.29 is 32.6 Å². The Bertz CT molecular complexity index is 1280. The van der Waals surface area contributed by atoms with Crippen molar-refractivity contribution in [3.8, 4) is 5.75 Å². The van der Waals surface area contributed by atoms with Crippen LogP contribution in [-0.4, -0.2) is 97.4 Å². The van der Waals surface area contributed by atoms with E-state index in [1.165, 1.54) is 23.7 Å². The number of rotatable bonds is 7. The molecule has 0 saturated heterocycles. The summed E-state index contributed by atoms with van der Waals surface area (Å²) >= 11 is 0. The third-order valence-electron chi connectivity index (χ3n) is 7.26. The van der Waals surface area contributed by atoms with Crippen LogP contribution in [0.5, 0.6) is 5.75 Å². The van der Waals surface area contributed by atoms with Crippen LogP contribution in [0.1, 0.15) is 60.7 Å². The number of ether oxygens (including phenoxy) is 2. The molecule has 2 N–H and O–H groups in total. The van der Waals surface area contributed by atoms with Crippen molar-refractivity contribution in [3.63, 3.8) is 0 Å². The molecule has 1 aromatic heterocycles. The van der Waals surface area contributed by atoms with Crippen LogP contribution in [0.2, 0.25) is 0 Å². The molecule has 12 heteroatoms. The monoisotopic (exact) mass is 590 g/mol. The lowest BCUT2D eigenvalue weighted by atomic mass is 10.0. The van der Waals surface area contributed by atoms with Crippen molar-refractivity contribution in [2.24, 2.45) is 5.92 Å². The zero-order valence-electron chi connectivity index (χ0n) is 24.4. The number of aliphatic hydroxyl groups is 1. The molecule has 11 nitrogen and oxygen atoms in total. The maximum atomic E-state index is 14.1. The summed E-state index contributed by atoms with van der Waals surface area (Å²) in [6, 6.07) is 7.59. The van der Waals surface area contributed by atoms with Crippen molar-refractivity contribution in [1.82, 2.24) is 14.2 Å². The molecule has 1 aromatic carbocycles. The van der Waals surface area contributed by atoms with Gasteiger partial charge in [-0.05, 0) is 63.4 Å². The summed E-state index contributed by atoms with van der Waals surface area (Å²) in [6.07, 6.45) is 5.83. The van der Waals surface area contributed by atoms with Gasteiger partial charge in [-0.25, -0.2) is 12.7 Å². The Morgan fingerprint density at radius 1 is 1.22 bits per heavy atom. The topological polar surface area (TPSA) is 138 Å². The van der Waals surface area contributed by atoms with Crippen molar-refractivity contribution in [1.29, 1.82) is 0 Å². The van der Waals surface area contributed by atoms with E-state index in [2.05, 4.69) is 10.3 Å². The molecule has 41 heavy (non-hydrogen) atoms. The van der Waals surface area contributed by atoms with Gasteiger partial charge in [0.15, 0.2) is 0 Å². The van der Waals surface area contributed by atoms with Crippen LogP contribution in [0.3, 0.4) is 0 Å². The van der Waals surface area contributed by atoms with Gasteiger partial charge >= 0.3 is 0 Å². The molecule has 2 heterocycles. The smallest absolute Gasteiger partial charge is 0.258 e. The largest absolute Gasteiger partial charge is 0.490 e. The number of aliphatic hydroxyl groups excluding tert-OH is 1. The lowest BCUT2D eigenvalue weighted by Gasteiger charge is -2.35. The van der Waals surface area contributed by atoms with Crippen LogP contribution in [-0.2, 0) is 14.8 Å².